The van der Waals surface area contributed by atoms with Crippen LogP contribution in [0.5, 0.6) is 0 Å². The Kier molecular flexibility index (Phi) is 7.10. The van der Waals surface area contributed by atoms with Gasteiger partial charge in [0.15, 0.2) is 5.78 Å². The fourth-order valence-electron chi connectivity index (χ4n) is 4.42. The summed E-state index contributed by atoms with van der Waals surface area (Å²) >= 11 is 6.66. The van der Waals surface area contributed by atoms with Crippen LogP contribution in [0.1, 0.15) is 30.9 Å². The fraction of sp³-hybridized carbons (Fsp3) is 0.417. The summed E-state index contributed by atoms with van der Waals surface area (Å²) in [5.41, 5.74) is 6.11. The van der Waals surface area contributed by atoms with Gasteiger partial charge in [-0.15, -0.1) is 0 Å². The van der Waals surface area contributed by atoms with Crippen LogP contribution >= 0.6 is 11.6 Å². The van der Waals surface area contributed by atoms with Crippen LogP contribution in [0.25, 0.3) is 22.4 Å². The highest BCUT2D eigenvalue weighted by Crippen LogP contribution is 2.34. The summed E-state index contributed by atoms with van der Waals surface area (Å²) in [6, 6.07) is 6.48. The Balaban J connectivity index is 1.47. The van der Waals surface area contributed by atoms with Gasteiger partial charge in [-0.05, 0) is 56.6 Å². The number of hydrogen-bond acceptors (Lipinski definition) is 5. The number of hydrogen-bond donors (Lipinski definition) is 4. The number of H-pyrrole nitrogens is 2. The first kappa shape index (κ1) is 22.7. The molecule has 3 heterocycles. The van der Waals surface area contributed by atoms with Gasteiger partial charge in [-0.1, -0.05) is 23.7 Å². The molecule has 1 aromatic carbocycles. The minimum atomic E-state index is -0.0222. The van der Waals surface area contributed by atoms with Crippen molar-refractivity contribution in [3.63, 3.8) is 0 Å². The Morgan fingerprint density at radius 1 is 1.22 bits per heavy atom. The zero-order valence-corrected chi connectivity index (χ0v) is 19.6. The molecule has 2 atom stereocenters. The van der Waals surface area contributed by atoms with E-state index in [-0.39, 0.29) is 11.8 Å². The fourth-order valence-corrected chi connectivity index (χ4v) is 4.66. The van der Waals surface area contributed by atoms with Crippen molar-refractivity contribution in [2.24, 2.45) is 0 Å². The molecule has 32 heavy (non-hydrogen) atoms. The molecule has 2 unspecified atom stereocenters. The van der Waals surface area contributed by atoms with Crippen molar-refractivity contribution in [2.45, 2.75) is 44.9 Å². The average Bonchev–Trinajstić information content (AvgIpc) is 3.50. The molecule has 2 aromatic heterocycles. The first-order chi connectivity index (χ1) is 15.5. The van der Waals surface area contributed by atoms with Gasteiger partial charge in [0.05, 0.1) is 12.6 Å². The maximum atomic E-state index is 12.6. The standard InChI is InChI=1S/C24H31ClN6O/c1-15-4-7-22(29-15)23(32)14-31(3)13-17-6-5-16(8-21(17)25)20-12-28-30-24(20)19-11-27-10-18(19)9-26-2/h5-6,8,10-12,15,22,26-27,29H,4,7,9,13-14H2,1-3H3,(H,28,30). The Bertz CT molecular complexity index is 1070. The highest BCUT2D eigenvalue weighted by Gasteiger charge is 2.27. The number of Topliss-reactive ketones (excluding diaryl/α,β-unsaturated/α-hetero) is 1. The number of aromatic amines is 2. The molecular formula is C24H31ClN6O. The average molecular weight is 455 g/mol. The SMILES string of the molecule is CNCc1c[nH]cc1-c1n[nH]cc1-c1ccc(CN(C)CC(=O)C2CCC(C)N2)c(Cl)c1. The summed E-state index contributed by atoms with van der Waals surface area (Å²) in [6.45, 7) is 3.91. The number of rotatable bonds is 9. The highest BCUT2D eigenvalue weighted by atomic mass is 35.5. The molecule has 0 aliphatic carbocycles. The third kappa shape index (κ3) is 4.96. The van der Waals surface area contributed by atoms with Crippen LogP contribution in [0, 0.1) is 0 Å². The van der Waals surface area contributed by atoms with Crippen LogP contribution in [-0.2, 0) is 17.9 Å². The molecule has 4 rings (SSSR count). The van der Waals surface area contributed by atoms with Gasteiger partial charge >= 0.3 is 0 Å². The largest absolute Gasteiger partial charge is 0.367 e. The molecular weight excluding hydrogens is 424 g/mol. The van der Waals surface area contributed by atoms with Crippen molar-refractivity contribution < 1.29 is 4.79 Å². The van der Waals surface area contributed by atoms with Crippen LogP contribution < -0.4 is 10.6 Å². The summed E-state index contributed by atoms with van der Waals surface area (Å²) in [6.07, 6.45) is 7.83. The van der Waals surface area contributed by atoms with Crippen molar-refractivity contribution in [3.05, 3.63) is 52.9 Å². The van der Waals surface area contributed by atoms with E-state index >= 15 is 0 Å². The van der Waals surface area contributed by atoms with Gasteiger partial charge in [-0.2, -0.15) is 5.10 Å². The molecule has 0 bridgehead atoms. The number of aromatic nitrogens is 3. The van der Waals surface area contributed by atoms with Crippen molar-refractivity contribution in [1.29, 1.82) is 0 Å². The van der Waals surface area contributed by atoms with Gasteiger partial charge in [0.25, 0.3) is 0 Å². The minimum Gasteiger partial charge on any atom is -0.367 e. The van der Waals surface area contributed by atoms with Gasteiger partial charge < -0.3 is 15.6 Å². The Morgan fingerprint density at radius 3 is 2.78 bits per heavy atom. The summed E-state index contributed by atoms with van der Waals surface area (Å²) in [7, 11) is 3.89. The molecule has 1 fully saturated rings. The van der Waals surface area contributed by atoms with E-state index in [1.165, 1.54) is 0 Å². The quantitative estimate of drug-likeness (QED) is 0.397. The van der Waals surface area contributed by atoms with Gasteiger partial charge in [0.2, 0.25) is 0 Å². The number of likely N-dealkylation sites (N-methyl/N-ethyl adjacent to an activating group) is 1. The lowest BCUT2D eigenvalue weighted by Gasteiger charge is -2.19. The Morgan fingerprint density at radius 2 is 2.06 bits per heavy atom. The zero-order chi connectivity index (χ0) is 22.7. The van der Waals surface area contributed by atoms with E-state index in [2.05, 4.69) is 38.8 Å². The van der Waals surface area contributed by atoms with E-state index in [4.69, 9.17) is 11.6 Å². The first-order valence-electron chi connectivity index (χ1n) is 11.1. The lowest BCUT2D eigenvalue weighted by atomic mass is 10.00. The number of ketones is 1. The molecule has 1 aliphatic heterocycles. The predicted molar refractivity (Wildman–Crippen MR) is 129 cm³/mol. The molecule has 0 saturated carbocycles. The lowest BCUT2D eigenvalue weighted by Crippen LogP contribution is -2.40. The Labute approximate surface area is 193 Å². The molecule has 7 nitrogen and oxygen atoms in total. The smallest absolute Gasteiger partial charge is 0.163 e. The van der Waals surface area contributed by atoms with Crippen LogP contribution in [0.2, 0.25) is 5.02 Å². The third-order valence-electron chi connectivity index (χ3n) is 6.09. The minimum absolute atomic E-state index is 0.0222. The second-order valence-electron chi connectivity index (χ2n) is 8.71. The third-order valence-corrected chi connectivity index (χ3v) is 6.44. The monoisotopic (exact) mass is 454 g/mol. The molecule has 0 amide bonds. The second kappa shape index (κ2) is 10.0. The summed E-state index contributed by atoms with van der Waals surface area (Å²) in [4.78, 5) is 17.8. The summed E-state index contributed by atoms with van der Waals surface area (Å²) in [5.74, 6) is 0.247. The molecule has 0 spiro atoms. The van der Waals surface area contributed by atoms with E-state index in [0.29, 0.717) is 24.2 Å². The van der Waals surface area contributed by atoms with Gasteiger partial charge in [0.1, 0.15) is 5.69 Å². The van der Waals surface area contributed by atoms with Gasteiger partial charge in [0, 0.05) is 53.9 Å². The van der Waals surface area contributed by atoms with E-state index < -0.39 is 0 Å². The molecule has 1 saturated heterocycles. The van der Waals surface area contributed by atoms with Crippen molar-refractivity contribution in [3.8, 4) is 22.4 Å². The number of nitrogens with one attached hydrogen (secondary N) is 4. The molecule has 3 aromatic rings. The summed E-state index contributed by atoms with van der Waals surface area (Å²) < 4.78 is 0. The number of carbonyl (C=O) groups excluding carboxylic acids is 1. The van der Waals surface area contributed by atoms with Crippen LogP contribution in [0.3, 0.4) is 0 Å². The second-order valence-corrected chi connectivity index (χ2v) is 9.12. The van der Waals surface area contributed by atoms with Crippen molar-refractivity contribution >= 4 is 17.4 Å². The molecule has 170 valence electrons. The van der Waals surface area contributed by atoms with Crippen molar-refractivity contribution in [2.75, 3.05) is 20.6 Å². The predicted octanol–water partition coefficient (Wildman–Crippen LogP) is 3.59. The zero-order valence-electron chi connectivity index (χ0n) is 18.8. The highest BCUT2D eigenvalue weighted by molar-refractivity contribution is 6.31. The first-order valence-corrected chi connectivity index (χ1v) is 11.4. The number of nitrogens with zero attached hydrogens (tertiary/aromatic N) is 2. The molecule has 8 heteroatoms. The van der Waals surface area contributed by atoms with E-state index in [1.54, 1.807) is 0 Å². The van der Waals surface area contributed by atoms with Crippen LogP contribution in [0.15, 0.2) is 36.8 Å². The lowest BCUT2D eigenvalue weighted by molar-refractivity contribution is -0.121. The normalized spacial score (nSPS) is 18.5. The van der Waals surface area contributed by atoms with Crippen molar-refractivity contribution in [1.82, 2.24) is 30.7 Å². The number of carbonyl (C=O) groups is 1. The van der Waals surface area contributed by atoms with Gasteiger partial charge in [-0.3, -0.25) is 14.8 Å². The topological polar surface area (TPSA) is 88.8 Å². The summed E-state index contributed by atoms with van der Waals surface area (Å²) in [5, 5.41) is 14.7. The molecule has 0 radical (unpaired) electrons. The molecule has 1 aliphatic rings. The van der Waals surface area contributed by atoms with E-state index in [1.807, 2.05) is 49.7 Å². The number of halogens is 1. The van der Waals surface area contributed by atoms with Crippen LogP contribution in [-0.4, -0.2) is 58.6 Å². The Hall–Kier alpha value is -2.45. The maximum Gasteiger partial charge on any atom is 0.163 e. The van der Waals surface area contributed by atoms with E-state index in [9.17, 15) is 4.79 Å². The number of benzene rings is 1. The van der Waals surface area contributed by atoms with E-state index in [0.717, 1.165) is 52.9 Å². The maximum absolute atomic E-state index is 12.6. The van der Waals surface area contributed by atoms with Gasteiger partial charge in [-0.25, -0.2) is 0 Å². The molecule has 4 N–H and O–H groups in total. The van der Waals surface area contributed by atoms with Crippen LogP contribution in [0.4, 0.5) is 0 Å².